The zero-order valence-corrected chi connectivity index (χ0v) is 18.6. The minimum atomic E-state index is -0.555. The number of hydrogen-bond donors (Lipinski definition) is 1. The molecule has 2 amide bonds. The standard InChI is InChI=1S/C23H22ClN3O3S/c1-30-20-14-16(26-11-5-2-6-12-26)10-9-15(20)13-17-21(28)25-23(31)27(22(17)29)19-8-4-3-7-18(19)24/h3-4,7-10,13-14H,2,5-6,11-12H2,1H3,(H,25,28,31)/b17-13+. The molecule has 0 saturated carbocycles. The van der Waals surface area contributed by atoms with Crippen molar-refractivity contribution in [3.8, 4) is 5.75 Å². The fourth-order valence-electron chi connectivity index (χ4n) is 3.83. The Bertz CT molecular complexity index is 1080. The minimum Gasteiger partial charge on any atom is -0.496 e. The lowest BCUT2D eigenvalue weighted by atomic mass is 10.0. The van der Waals surface area contributed by atoms with Crippen LogP contribution in [-0.2, 0) is 9.59 Å². The summed E-state index contributed by atoms with van der Waals surface area (Å²) in [6.45, 7) is 2.02. The highest BCUT2D eigenvalue weighted by Gasteiger charge is 2.35. The zero-order chi connectivity index (χ0) is 22.0. The summed E-state index contributed by atoms with van der Waals surface area (Å²) in [6, 6.07) is 12.6. The zero-order valence-electron chi connectivity index (χ0n) is 17.1. The van der Waals surface area contributed by atoms with Crippen LogP contribution < -0.4 is 19.9 Å². The summed E-state index contributed by atoms with van der Waals surface area (Å²) in [7, 11) is 1.57. The fraction of sp³-hybridized carbons (Fsp3) is 0.261. The van der Waals surface area contributed by atoms with Crippen LogP contribution in [0.1, 0.15) is 24.8 Å². The van der Waals surface area contributed by atoms with Gasteiger partial charge in [0.15, 0.2) is 5.11 Å². The highest BCUT2D eigenvalue weighted by Crippen LogP contribution is 2.32. The van der Waals surface area contributed by atoms with Gasteiger partial charge in [-0.1, -0.05) is 23.7 Å². The van der Waals surface area contributed by atoms with Crippen LogP contribution in [0, 0.1) is 0 Å². The molecule has 2 saturated heterocycles. The SMILES string of the molecule is COc1cc(N2CCCCC2)ccc1/C=C1\C(=O)NC(=S)N(c2ccccc2Cl)C1=O. The third-order valence-electron chi connectivity index (χ3n) is 5.43. The molecule has 2 aliphatic rings. The first-order valence-electron chi connectivity index (χ1n) is 10.1. The first kappa shape index (κ1) is 21.3. The van der Waals surface area contributed by atoms with Crippen molar-refractivity contribution in [2.45, 2.75) is 19.3 Å². The maximum atomic E-state index is 13.2. The van der Waals surface area contributed by atoms with Crippen LogP contribution >= 0.6 is 23.8 Å². The molecule has 0 spiro atoms. The normalized spacial score (nSPS) is 18.4. The molecule has 2 heterocycles. The molecule has 2 fully saturated rings. The highest BCUT2D eigenvalue weighted by atomic mass is 35.5. The van der Waals surface area contributed by atoms with Gasteiger partial charge < -0.3 is 9.64 Å². The monoisotopic (exact) mass is 455 g/mol. The molecule has 1 N–H and O–H groups in total. The van der Waals surface area contributed by atoms with Crippen LogP contribution in [0.25, 0.3) is 6.08 Å². The van der Waals surface area contributed by atoms with Gasteiger partial charge in [0.1, 0.15) is 11.3 Å². The summed E-state index contributed by atoms with van der Waals surface area (Å²) in [6.07, 6.45) is 5.11. The largest absolute Gasteiger partial charge is 0.496 e. The van der Waals surface area contributed by atoms with Gasteiger partial charge in [-0.2, -0.15) is 0 Å². The lowest BCUT2D eigenvalue weighted by molar-refractivity contribution is -0.122. The molecule has 6 nitrogen and oxygen atoms in total. The van der Waals surface area contributed by atoms with Crippen LogP contribution in [0.4, 0.5) is 11.4 Å². The molecule has 0 radical (unpaired) electrons. The second-order valence-electron chi connectivity index (χ2n) is 7.38. The van der Waals surface area contributed by atoms with E-state index in [0.29, 0.717) is 22.0 Å². The number of nitrogens with one attached hydrogen (secondary N) is 1. The van der Waals surface area contributed by atoms with Crippen molar-refractivity contribution in [1.29, 1.82) is 0 Å². The minimum absolute atomic E-state index is 0.00679. The van der Waals surface area contributed by atoms with Crippen LogP contribution in [0.3, 0.4) is 0 Å². The highest BCUT2D eigenvalue weighted by molar-refractivity contribution is 7.80. The van der Waals surface area contributed by atoms with Crippen molar-refractivity contribution in [1.82, 2.24) is 5.32 Å². The molecule has 2 aromatic rings. The number of piperidine rings is 1. The number of nitrogens with zero attached hydrogens (tertiary/aromatic N) is 2. The summed E-state index contributed by atoms with van der Waals surface area (Å²) < 4.78 is 5.57. The number of para-hydroxylation sites is 1. The number of methoxy groups -OCH3 is 1. The molecule has 31 heavy (non-hydrogen) atoms. The predicted octanol–water partition coefficient (Wildman–Crippen LogP) is 4.17. The summed E-state index contributed by atoms with van der Waals surface area (Å²) >= 11 is 11.5. The second-order valence-corrected chi connectivity index (χ2v) is 8.18. The molecule has 2 aliphatic heterocycles. The van der Waals surface area contributed by atoms with Crippen molar-refractivity contribution in [2.75, 3.05) is 30.0 Å². The topological polar surface area (TPSA) is 61.9 Å². The third kappa shape index (κ3) is 4.29. The smallest absolute Gasteiger partial charge is 0.270 e. The second kappa shape index (κ2) is 9.08. The lowest BCUT2D eigenvalue weighted by Crippen LogP contribution is -2.54. The number of anilines is 2. The number of amides is 2. The molecular formula is C23H22ClN3O3S. The van der Waals surface area contributed by atoms with Gasteiger partial charge in [0.2, 0.25) is 0 Å². The van der Waals surface area contributed by atoms with Gasteiger partial charge in [-0.3, -0.25) is 19.8 Å². The van der Waals surface area contributed by atoms with Gasteiger partial charge in [0, 0.05) is 30.4 Å². The van der Waals surface area contributed by atoms with E-state index in [1.165, 1.54) is 30.2 Å². The molecule has 2 aromatic carbocycles. The van der Waals surface area contributed by atoms with Gasteiger partial charge in [-0.25, -0.2) is 0 Å². The first-order valence-corrected chi connectivity index (χ1v) is 10.9. The Balaban J connectivity index is 1.69. The summed E-state index contributed by atoms with van der Waals surface area (Å²) in [4.78, 5) is 29.4. The third-order valence-corrected chi connectivity index (χ3v) is 6.04. The van der Waals surface area contributed by atoms with E-state index >= 15 is 0 Å². The van der Waals surface area contributed by atoms with Crippen LogP contribution in [0.15, 0.2) is 48.0 Å². The van der Waals surface area contributed by atoms with E-state index in [4.69, 9.17) is 28.6 Å². The van der Waals surface area contributed by atoms with Crippen molar-refractivity contribution in [2.24, 2.45) is 0 Å². The van der Waals surface area contributed by atoms with E-state index in [9.17, 15) is 9.59 Å². The van der Waals surface area contributed by atoms with Crippen molar-refractivity contribution >= 4 is 58.2 Å². The average molecular weight is 456 g/mol. The van der Waals surface area contributed by atoms with Gasteiger partial charge in [-0.15, -0.1) is 0 Å². The first-order chi connectivity index (χ1) is 15.0. The molecule has 0 bridgehead atoms. The van der Waals surface area contributed by atoms with Gasteiger partial charge >= 0.3 is 0 Å². The summed E-state index contributed by atoms with van der Waals surface area (Å²) in [5, 5.41) is 2.93. The molecular weight excluding hydrogens is 434 g/mol. The molecule has 0 atom stereocenters. The summed E-state index contributed by atoms with van der Waals surface area (Å²) in [5.41, 5.74) is 2.07. The van der Waals surface area contributed by atoms with E-state index in [1.54, 1.807) is 31.4 Å². The number of carbonyl (C=O) groups is 2. The van der Waals surface area contributed by atoms with Crippen molar-refractivity contribution in [3.05, 3.63) is 58.6 Å². The number of hydrogen-bond acceptors (Lipinski definition) is 5. The lowest BCUT2D eigenvalue weighted by Gasteiger charge is -2.30. The Kier molecular flexibility index (Phi) is 6.25. The molecule has 4 rings (SSSR count). The maximum Gasteiger partial charge on any atom is 0.270 e. The number of benzene rings is 2. The molecule has 0 unspecified atom stereocenters. The number of thiocarbonyl (C=S) groups is 1. The van der Waals surface area contributed by atoms with Crippen LogP contribution in [0.2, 0.25) is 5.02 Å². The molecule has 160 valence electrons. The quantitative estimate of drug-likeness (QED) is 0.426. The average Bonchev–Trinajstić information content (AvgIpc) is 2.78. The number of rotatable bonds is 4. The Hall–Kier alpha value is -2.90. The molecule has 0 aliphatic carbocycles. The van der Waals surface area contributed by atoms with E-state index in [1.807, 2.05) is 18.2 Å². The van der Waals surface area contributed by atoms with Gasteiger partial charge in [0.25, 0.3) is 11.8 Å². The molecule has 8 heteroatoms. The summed E-state index contributed by atoms with van der Waals surface area (Å²) in [5.74, 6) is -0.502. The van der Waals surface area contributed by atoms with E-state index in [0.717, 1.165) is 18.8 Å². The Morgan fingerprint density at radius 3 is 2.55 bits per heavy atom. The van der Waals surface area contributed by atoms with Gasteiger partial charge in [0.05, 0.1) is 17.8 Å². The Labute approximate surface area is 191 Å². The molecule has 0 aromatic heterocycles. The predicted molar refractivity (Wildman–Crippen MR) is 127 cm³/mol. The number of ether oxygens (including phenoxy) is 1. The van der Waals surface area contributed by atoms with Crippen molar-refractivity contribution < 1.29 is 14.3 Å². The van der Waals surface area contributed by atoms with Crippen LogP contribution in [-0.4, -0.2) is 37.1 Å². The van der Waals surface area contributed by atoms with Gasteiger partial charge in [-0.05, 0) is 61.8 Å². The number of carbonyl (C=O) groups excluding carboxylic acids is 2. The maximum absolute atomic E-state index is 13.2. The van der Waals surface area contributed by atoms with E-state index in [2.05, 4.69) is 10.2 Å². The van der Waals surface area contributed by atoms with E-state index < -0.39 is 11.8 Å². The fourth-order valence-corrected chi connectivity index (χ4v) is 4.33. The van der Waals surface area contributed by atoms with Crippen LogP contribution in [0.5, 0.6) is 5.75 Å². The van der Waals surface area contributed by atoms with Crippen molar-refractivity contribution in [3.63, 3.8) is 0 Å². The van der Waals surface area contributed by atoms with E-state index in [-0.39, 0.29) is 10.7 Å². The Morgan fingerprint density at radius 2 is 1.84 bits per heavy atom. The Morgan fingerprint density at radius 1 is 1.10 bits per heavy atom. The number of halogens is 1.